The molecule has 0 spiro atoms. The third-order valence-corrected chi connectivity index (χ3v) is 12.1. The minimum absolute atomic E-state index is 0.0266. The van der Waals surface area contributed by atoms with Gasteiger partial charge in [-0.25, -0.2) is 24.5 Å². The molecule has 330 valence electrons. The summed E-state index contributed by atoms with van der Waals surface area (Å²) in [5, 5.41) is 9.51. The molecule has 16 heteroatoms. The first-order valence-corrected chi connectivity index (χ1v) is 21.7. The Labute approximate surface area is 379 Å². The number of benzene rings is 4. The van der Waals surface area contributed by atoms with Gasteiger partial charge in [0.05, 0.1) is 81.9 Å². The number of thioether (sulfide) groups is 2. The molecule has 1 unspecified atom stereocenters. The van der Waals surface area contributed by atoms with E-state index in [1.54, 1.807) is 55.5 Å². The van der Waals surface area contributed by atoms with Gasteiger partial charge < -0.3 is 28.4 Å². The number of rotatable bonds is 18. The van der Waals surface area contributed by atoms with Crippen LogP contribution in [0.25, 0.3) is 4.85 Å². The summed E-state index contributed by atoms with van der Waals surface area (Å²) in [6.07, 6.45) is 0.726. The smallest absolute Gasteiger partial charge is 0.343 e. The second-order valence-electron chi connectivity index (χ2n) is 15.3. The Kier molecular flexibility index (Phi) is 16.9. The van der Waals surface area contributed by atoms with Crippen molar-refractivity contribution in [3.63, 3.8) is 0 Å². The number of nitrogens with zero attached hydrogens (tertiary/aromatic N) is 2. The Balaban J connectivity index is 1.08. The number of hydrogen-bond acceptors (Lipinski definition) is 15. The van der Waals surface area contributed by atoms with Crippen LogP contribution in [0.15, 0.2) is 105 Å². The number of nitriles is 1. The summed E-state index contributed by atoms with van der Waals surface area (Å²) in [6, 6.07) is 23.9. The van der Waals surface area contributed by atoms with Crippen LogP contribution >= 0.6 is 23.5 Å². The van der Waals surface area contributed by atoms with Crippen molar-refractivity contribution in [2.45, 2.75) is 70.1 Å². The molecule has 0 N–H and O–H groups in total. The fourth-order valence-electron chi connectivity index (χ4n) is 5.46. The van der Waals surface area contributed by atoms with Gasteiger partial charge in [0.1, 0.15) is 17.2 Å². The third-order valence-electron chi connectivity index (χ3n) is 9.45. The minimum Gasteiger partial charge on any atom is -0.465 e. The van der Waals surface area contributed by atoms with Gasteiger partial charge in [0, 0.05) is 11.8 Å². The number of carbonyl (C=O) groups excluding carboxylic acids is 6. The summed E-state index contributed by atoms with van der Waals surface area (Å²) in [7, 11) is 0. The average Bonchev–Trinajstić information content (AvgIpc) is 3.74. The first-order valence-electron chi connectivity index (χ1n) is 20.0. The lowest BCUT2D eigenvalue weighted by Crippen LogP contribution is -2.30. The molecule has 0 aromatic heterocycles. The van der Waals surface area contributed by atoms with Crippen molar-refractivity contribution in [1.29, 1.82) is 5.26 Å². The molecule has 64 heavy (non-hydrogen) atoms. The number of fused-ring (bicyclic) bond motifs is 1. The molecule has 0 bridgehead atoms. The van der Waals surface area contributed by atoms with E-state index in [0.717, 1.165) is 34.7 Å². The predicted octanol–water partition coefficient (Wildman–Crippen LogP) is 9.49. The van der Waals surface area contributed by atoms with Crippen LogP contribution in [-0.4, -0.2) is 55.6 Å². The third kappa shape index (κ3) is 13.6. The van der Waals surface area contributed by atoms with Crippen LogP contribution in [0.2, 0.25) is 0 Å². The van der Waals surface area contributed by atoms with E-state index >= 15 is 0 Å². The van der Waals surface area contributed by atoms with E-state index in [1.807, 2.05) is 33.8 Å². The molecule has 1 aliphatic heterocycles. The van der Waals surface area contributed by atoms with E-state index in [2.05, 4.69) is 4.85 Å². The van der Waals surface area contributed by atoms with Gasteiger partial charge in [-0.05, 0) is 79.6 Å². The Hall–Kier alpha value is -6.88. The average molecular weight is 905 g/mol. The largest absolute Gasteiger partial charge is 0.465 e. The van der Waals surface area contributed by atoms with Crippen LogP contribution in [0.3, 0.4) is 0 Å². The topological polar surface area (TPSA) is 186 Å². The van der Waals surface area contributed by atoms with Crippen molar-refractivity contribution < 1.29 is 57.2 Å². The Morgan fingerprint density at radius 1 is 0.703 bits per heavy atom. The molecule has 0 saturated carbocycles. The predicted molar refractivity (Wildman–Crippen MR) is 235 cm³/mol. The lowest BCUT2D eigenvalue weighted by atomic mass is 9.96. The van der Waals surface area contributed by atoms with Gasteiger partial charge in [-0.2, -0.15) is 0 Å². The van der Waals surface area contributed by atoms with Gasteiger partial charge in [0.2, 0.25) is 0 Å². The SMILES string of the molecule is [C-]#[N+]/C(C#N)=C1/Sc2c(OC(=O)c3ccc(C)cc3)ccc(OC(=O)c3ccc(C(=O)Oc4ccc(CCOC(=O)CCC(=O)OCC(C)(C)COC(=O)C(C)CC)cc4)cc3)c2S1. The quantitative estimate of drug-likeness (QED) is 0.0302. The molecular formula is C48H44N2O12S2. The second-order valence-corrected chi connectivity index (χ2v) is 17.6. The maximum absolute atomic E-state index is 13.3. The minimum atomic E-state index is -0.752. The number of hydrogen-bond donors (Lipinski definition) is 0. The zero-order chi connectivity index (χ0) is 46.4. The van der Waals surface area contributed by atoms with E-state index in [9.17, 15) is 34.0 Å². The molecule has 5 rings (SSSR count). The van der Waals surface area contributed by atoms with Crippen molar-refractivity contribution >= 4 is 59.3 Å². The van der Waals surface area contributed by atoms with Gasteiger partial charge in [0.25, 0.3) is 5.70 Å². The Bertz CT molecular complexity index is 2500. The number of aryl methyl sites for hydroxylation is 1. The second kappa shape index (κ2) is 22.5. The van der Waals surface area contributed by atoms with Crippen LogP contribution in [0.5, 0.6) is 17.2 Å². The zero-order valence-corrected chi connectivity index (χ0v) is 37.4. The Morgan fingerprint density at radius 2 is 1.19 bits per heavy atom. The van der Waals surface area contributed by atoms with E-state index in [0.29, 0.717) is 32.4 Å². The number of allylic oxidation sites excluding steroid dienone is 1. The molecule has 0 fully saturated rings. The maximum atomic E-state index is 13.3. The normalized spacial score (nSPS) is 12.9. The molecule has 0 radical (unpaired) electrons. The highest BCUT2D eigenvalue weighted by molar-refractivity contribution is 8.24. The summed E-state index contributed by atoms with van der Waals surface area (Å²) in [4.78, 5) is 79.6. The molecule has 0 amide bonds. The van der Waals surface area contributed by atoms with E-state index in [4.69, 9.17) is 35.0 Å². The first-order chi connectivity index (χ1) is 30.6. The van der Waals surface area contributed by atoms with Gasteiger partial charge in [-0.15, -0.1) is 0 Å². The van der Waals surface area contributed by atoms with Crippen molar-refractivity contribution in [3.05, 3.63) is 134 Å². The highest BCUT2D eigenvalue weighted by Crippen LogP contribution is 2.59. The van der Waals surface area contributed by atoms with E-state index in [1.165, 1.54) is 36.4 Å². The molecular weight excluding hydrogens is 861 g/mol. The molecule has 14 nitrogen and oxygen atoms in total. The van der Waals surface area contributed by atoms with Crippen LogP contribution in [0.1, 0.15) is 89.2 Å². The molecule has 1 aliphatic rings. The molecule has 0 aliphatic carbocycles. The number of carbonyl (C=O) groups is 6. The van der Waals surface area contributed by atoms with Gasteiger partial charge in [0.15, 0.2) is 0 Å². The van der Waals surface area contributed by atoms with Gasteiger partial charge in [-0.3, -0.25) is 14.4 Å². The van der Waals surface area contributed by atoms with Gasteiger partial charge in [-0.1, -0.05) is 81.0 Å². The van der Waals surface area contributed by atoms with Crippen LogP contribution in [0.4, 0.5) is 0 Å². The fourth-order valence-corrected chi connectivity index (χ4v) is 7.93. The molecule has 1 heterocycles. The van der Waals surface area contributed by atoms with Gasteiger partial charge >= 0.3 is 35.8 Å². The van der Waals surface area contributed by atoms with Crippen molar-refractivity contribution in [1.82, 2.24) is 0 Å². The standard InChI is InChI=1S/C48H44N2O12S2/c1-7-30(3)43(53)59-28-48(4,5)27-58-40(52)23-22-39(51)57-25-24-31-10-18-35(19-11-31)60-44(54)33-14-16-34(17-15-33)46(56)62-38-21-20-37(61-45(55)32-12-8-29(2)9-13-32)41-42(38)64-47(63-41)36(26-49)50-6/h8-21,30H,7,22-25,27-28H2,1-5H3/b47-36-. The molecule has 4 aromatic carbocycles. The molecule has 0 saturated heterocycles. The lowest BCUT2D eigenvalue weighted by molar-refractivity contribution is -0.157. The van der Waals surface area contributed by atoms with Crippen LogP contribution < -0.4 is 14.2 Å². The van der Waals surface area contributed by atoms with Crippen LogP contribution in [0, 0.1) is 36.2 Å². The summed E-state index contributed by atoms with van der Waals surface area (Å²) in [6.45, 7) is 16.8. The lowest BCUT2D eigenvalue weighted by Gasteiger charge is -2.24. The Morgan fingerprint density at radius 3 is 1.69 bits per heavy atom. The monoisotopic (exact) mass is 904 g/mol. The fraction of sp³-hybridized carbons (Fsp3) is 0.292. The molecule has 1 atom stereocenters. The highest BCUT2D eigenvalue weighted by Gasteiger charge is 2.31. The highest BCUT2D eigenvalue weighted by atomic mass is 32.2. The zero-order valence-electron chi connectivity index (χ0n) is 35.7. The number of ether oxygens (including phenoxy) is 6. The number of esters is 6. The summed E-state index contributed by atoms with van der Waals surface area (Å²) >= 11 is 2.11. The first kappa shape index (κ1) is 48.2. The van der Waals surface area contributed by atoms with Crippen molar-refractivity contribution in [3.8, 4) is 23.3 Å². The summed E-state index contributed by atoms with van der Waals surface area (Å²) in [5.74, 6) is -3.14. The molecule has 4 aromatic rings. The maximum Gasteiger partial charge on any atom is 0.343 e. The van der Waals surface area contributed by atoms with Crippen molar-refractivity contribution in [2.24, 2.45) is 11.3 Å². The van der Waals surface area contributed by atoms with Crippen LogP contribution in [-0.2, 0) is 35.0 Å². The van der Waals surface area contributed by atoms with Crippen molar-refractivity contribution in [2.75, 3.05) is 19.8 Å². The summed E-state index contributed by atoms with van der Waals surface area (Å²) in [5.41, 5.74) is 1.62. The van der Waals surface area contributed by atoms with E-state index in [-0.39, 0.29) is 78.6 Å². The summed E-state index contributed by atoms with van der Waals surface area (Å²) < 4.78 is 33.1. The van der Waals surface area contributed by atoms with E-state index < -0.39 is 35.3 Å².